The van der Waals surface area contributed by atoms with Crippen LogP contribution < -0.4 is 0 Å². The molecule has 0 aromatic heterocycles. The Labute approximate surface area is 123 Å². The van der Waals surface area contributed by atoms with Gasteiger partial charge in [0.2, 0.25) is 0 Å². The second-order valence-electron chi connectivity index (χ2n) is 6.14. The first-order chi connectivity index (χ1) is 9.31. The maximum atomic E-state index is 4.22. The molecule has 0 saturated heterocycles. The molecular formula is C19H38. The summed E-state index contributed by atoms with van der Waals surface area (Å²) in [5.74, 6) is 0. The molecule has 0 aliphatic carbocycles. The van der Waals surface area contributed by atoms with Gasteiger partial charge in [-0.3, -0.25) is 0 Å². The lowest BCUT2D eigenvalue weighted by Crippen LogP contribution is -1.86. The number of hydrogen-bond acceptors (Lipinski definition) is 0. The Morgan fingerprint density at radius 1 is 0.526 bits per heavy atom. The van der Waals surface area contributed by atoms with Crippen molar-refractivity contribution in [3.63, 3.8) is 0 Å². The second kappa shape index (κ2) is 15.8. The first kappa shape index (κ1) is 18.7. The van der Waals surface area contributed by atoms with E-state index in [1.807, 2.05) is 0 Å². The van der Waals surface area contributed by atoms with Crippen LogP contribution in [0.5, 0.6) is 0 Å². The van der Waals surface area contributed by atoms with Crippen molar-refractivity contribution in [2.24, 2.45) is 0 Å². The summed E-state index contributed by atoms with van der Waals surface area (Å²) in [5, 5.41) is 0. The van der Waals surface area contributed by atoms with E-state index in [1.165, 1.54) is 102 Å². The zero-order valence-electron chi connectivity index (χ0n) is 13.8. The standard InChI is InChI=1S/C19H38/c1-4-6-8-10-11-12-13-14-16-18-19(3)17-15-9-7-5-2/h3-18H2,1-2H3. The topological polar surface area (TPSA) is 0 Å². The molecule has 0 amide bonds. The predicted molar refractivity (Wildman–Crippen MR) is 89.7 cm³/mol. The van der Waals surface area contributed by atoms with Crippen LogP contribution in [0.15, 0.2) is 12.2 Å². The minimum absolute atomic E-state index is 1.27. The normalized spacial score (nSPS) is 10.8. The van der Waals surface area contributed by atoms with Gasteiger partial charge >= 0.3 is 0 Å². The van der Waals surface area contributed by atoms with E-state index in [4.69, 9.17) is 0 Å². The third kappa shape index (κ3) is 15.7. The fourth-order valence-corrected chi connectivity index (χ4v) is 2.61. The fourth-order valence-electron chi connectivity index (χ4n) is 2.61. The highest BCUT2D eigenvalue weighted by atomic mass is 14.0. The molecule has 0 aliphatic rings. The Morgan fingerprint density at radius 2 is 0.842 bits per heavy atom. The third-order valence-corrected chi connectivity index (χ3v) is 4.02. The van der Waals surface area contributed by atoms with E-state index in [2.05, 4.69) is 20.4 Å². The lowest BCUT2D eigenvalue weighted by atomic mass is 10.0. The van der Waals surface area contributed by atoms with Crippen LogP contribution in [0.1, 0.15) is 110 Å². The van der Waals surface area contributed by atoms with Gasteiger partial charge in [-0.1, -0.05) is 96.6 Å². The van der Waals surface area contributed by atoms with Crippen molar-refractivity contribution in [2.75, 3.05) is 0 Å². The minimum Gasteiger partial charge on any atom is -0.0999 e. The smallest absolute Gasteiger partial charge is 0.0323 e. The minimum atomic E-state index is 1.27. The van der Waals surface area contributed by atoms with Crippen LogP contribution in [0.2, 0.25) is 0 Å². The third-order valence-electron chi connectivity index (χ3n) is 4.02. The van der Waals surface area contributed by atoms with Gasteiger partial charge in [-0.25, -0.2) is 0 Å². The van der Waals surface area contributed by atoms with Gasteiger partial charge in [0, 0.05) is 0 Å². The van der Waals surface area contributed by atoms with Crippen molar-refractivity contribution >= 4 is 0 Å². The summed E-state index contributed by atoms with van der Waals surface area (Å²) in [6.45, 7) is 8.78. The van der Waals surface area contributed by atoms with Crippen molar-refractivity contribution in [3.05, 3.63) is 12.2 Å². The van der Waals surface area contributed by atoms with Gasteiger partial charge in [0.1, 0.15) is 0 Å². The lowest BCUT2D eigenvalue weighted by Gasteiger charge is -2.06. The van der Waals surface area contributed by atoms with Crippen LogP contribution in [-0.2, 0) is 0 Å². The second-order valence-corrected chi connectivity index (χ2v) is 6.14. The summed E-state index contributed by atoms with van der Waals surface area (Å²) in [7, 11) is 0. The maximum absolute atomic E-state index is 4.22. The summed E-state index contributed by atoms with van der Waals surface area (Å²) in [6.07, 6.45) is 20.9. The Kier molecular flexibility index (Phi) is 15.6. The van der Waals surface area contributed by atoms with Gasteiger partial charge in [0.15, 0.2) is 0 Å². The monoisotopic (exact) mass is 266 g/mol. The first-order valence-electron chi connectivity index (χ1n) is 8.97. The maximum Gasteiger partial charge on any atom is -0.0323 e. The van der Waals surface area contributed by atoms with Crippen LogP contribution in [0.25, 0.3) is 0 Å². The summed E-state index contributed by atoms with van der Waals surface area (Å²) >= 11 is 0. The van der Waals surface area contributed by atoms with E-state index in [0.717, 1.165) is 0 Å². The molecule has 0 heteroatoms. The van der Waals surface area contributed by atoms with Crippen molar-refractivity contribution in [1.82, 2.24) is 0 Å². The largest absolute Gasteiger partial charge is 0.0999 e. The van der Waals surface area contributed by atoms with Crippen molar-refractivity contribution in [2.45, 2.75) is 110 Å². The fraction of sp³-hybridized carbons (Fsp3) is 0.895. The molecule has 0 rings (SSSR count). The average Bonchev–Trinajstić information content (AvgIpc) is 2.42. The molecule has 0 atom stereocenters. The average molecular weight is 267 g/mol. The van der Waals surface area contributed by atoms with E-state index in [0.29, 0.717) is 0 Å². The molecule has 19 heavy (non-hydrogen) atoms. The Hall–Kier alpha value is -0.260. The quantitative estimate of drug-likeness (QED) is 0.213. The van der Waals surface area contributed by atoms with Crippen molar-refractivity contribution in [1.29, 1.82) is 0 Å². The Morgan fingerprint density at radius 3 is 1.26 bits per heavy atom. The van der Waals surface area contributed by atoms with Gasteiger partial charge in [-0.2, -0.15) is 0 Å². The number of unbranched alkanes of at least 4 members (excludes halogenated alkanes) is 11. The predicted octanol–water partition coefficient (Wildman–Crippen LogP) is 7.43. The van der Waals surface area contributed by atoms with Crippen LogP contribution >= 0.6 is 0 Å². The van der Waals surface area contributed by atoms with Gasteiger partial charge in [-0.15, -0.1) is 0 Å². The van der Waals surface area contributed by atoms with E-state index < -0.39 is 0 Å². The van der Waals surface area contributed by atoms with Crippen LogP contribution in [0.4, 0.5) is 0 Å². The van der Waals surface area contributed by atoms with E-state index in [1.54, 1.807) is 0 Å². The first-order valence-corrected chi connectivity index (χ1v) is 8.97. The molecule has 114 valence electrons. The number of allylic oxidation sites excluding steroid dienone is 1. The van der Waals surface area contributed by atoms with Crippen LogP contribution in [0.3, 0.4) is 0 Å². The SMILES string of the molecule is C=C(CCCCCC)CCCCCCCCCCC. The Bertz CT molecular complexity index is 180. The number of rotatable bonds is 15. The summed E-state index contributed by atoms with van der Waals surface area (Å²) in [6, 6.07) is 0. The molecule has 0 spiro atoms. The highest BCUT2D eigenvalue weighted by Gasteiger charge is 1.96. The molecule has 0 unspecified atom stereocenters. The molecule has 0 saturated carbocycles. The Balaban J connectivity index is 3.10. The summed E-state index contributed by atoms with van der Waals surface area (Å²) < 4.78 is 0. The molecule has 0 bridgehead atoms. The lowest BCUT2D eigenvalue weighted by molar-refractivity contribution is 0.561. The van der Waals surface area contributed by atoms with Gasteiger partial charge in [0.25, 0.3) is 0 Å². The van der Waals surface area contributed by atoms with Gasteiger partial charge in [0.05, 0.1) is 0 Å². The van der Waals surface area contributed by atoms with E-state index in [9.17, 15) is 0 Å². The molecule has 0 N–H and O–H groups in total. The van der Waals surface area contributed by atoms with Gasteiger partial charge in [-0.05, 0) is 25.7 Å². The molecule has 0 radical (unpaired) electrons. The molecule has 0 aromatic rings. The van der Waals surface area contributed by atoms with Crippen LogP contribution in [0, 0.1) is 0 Å². The molecular weight excluding hydrogens is 228 g/mol. The van der Waals surface area contributed by atoms with Gasteiger partial charge < -0.3 is 0 Å². The van der Waals surface area contributed by atoms with E-state index >= 15 is 0 Å². The van der Waals surface area contributed by atoms with E-state index in [-0.39, 0.29) is 0 Å². The van der Waals surface area contributed by atoms with Crippen molar-refractivity contribution < 1.29 is 0 Å². The zero-order chi connectivity index (χ0) is 14.2. The molecule has 0 fully saturated rings. The zero-order valence-corrected chi connectivity index (χ0v) is 13.8. The molecule has 0 heterocycles. The van der Waals surface area contributed by atoms with Crippen molar-refractivity contribution in [3.8, 4) is 0 Å². The molecule has 0 aromatic carbocycles. The number of hydrogen-bond donors (Lipinski definition) is 0. The summed E-state index contributed by atoms with van der Waals surface area (Å²) in [4.78, 5) is 0. The highest BCUT2D eigenvalue weighted by molar-refractivity contribution is 4.93. The molecule has 0 aliphatic heterocycles. The van der Waals surface area contributed by atoms with Crippen LogP contribution in [-0.4, -0.2) is 0 Å². The summed E-state index contributed by atoms with van der Waals surface area (Å²) in [5.41, 5.74) is 1.50. The highest BCUT2D eigenvalue weighted by Crippen LogP contribution is 2.16. The molecule has 0 nitrogen and oxygen atoms in total.